The molecule has 206 valence electrons. The van der Waals surface area contributed by atoms with Crippen molar-refractivity contribution in [1.82, 2.24) is 15.1 Å². The lowest BCUT2D eigenvalue weighted by Gasteiger charge is -2.38. The second kappa shape index (κ2) is 11.7. The second-order valence-corrected chi connectivity index (χ2v) is 12.2. The zero-order valence-corrected chi connectivity index (χ0v) is 22.8. The number of likely N-dealkylation sites (tertiary alicyclic amines) is 2. The van der Waals surface area contributed by atoms with Gasteiger partial charge in [0.1, 0.15) is 0 Å². The van der Waals surface area contributed by atoms with Gasteiger partial charge in [0.25, 0.3) is 0 Å². The highest BCUT2D eigenvalue weighted by Gasteiger charge is 2.51. The van der Waals surface area contributed by atoms with E-state index >= 15 is 0 Å². The van der Waals surface area contributed by atoms with Gasteiger partial charge in [-0.05, 0) is 49.7 Å². The molecule has 2 N–H and O–H groups in total. The van der Waals surface area contributed by atoms with Crippen LogP contribution >= 0.6 is 23.2 Å². The number of carboxylic acids is 1. The Morgan fingerprint density at radius 2 is 1.70 bits per heavy atom. The topological polar surface area (TPSA) is 72.9 Å². The number of carbonyl (C=O) groups excluding carboxylic acids is 1. The number of amides is 1. The van der Waals surface area contributed by atoms with Gasteiger partial charge in [-0.15, -0.1) is 0 Å². The summed E-state index contributed by atoms with van der Waals surface area (Å²) in [4.78, 5) is 29.9. The summed E-state index contributed by atoms with van der Waals surface area (Å²) in [7, 11) is 0. The molecule has 2 saturated heterocycles. The number of nitrogens with one attached hydrogen (secondary N) is 1. The van der Waals surface area contributed by atoms with Gasteiger partial charge in [-0.3, -0.25) is 14.5 Å². The van der Waals surface area contributed by atoms with E-state index in [0.717, 1.165) is 38.0 Å². The van der Waals surface area contributed by atoms with Gasteiger partial charge in [-0.25, -0.2) is 8.78 Å². The highest BCUT2D eigenvalue weighted by molar-refractivity contribution is 6.35. The first-order chi connectivity index (χ1) is 17.5. The van der Waals surface area contributed by atoms with Crippen molar-refractivity contribution in [3.8, 4) is 0 Å². The normalized spacial score (nSPS) is 27.9. The van der Waals surface area contributed by atoms with E-state index in [2.05, 4.69) is 15.1 Å². The summed E-state index contributed by atoms with van der Waals surface area (Å²) in [6.45, 7) is 5.71. The summed E-state index contributed by atoms with van der Waals surface area (Å²) in [6, 6.07) is 5.30. The number of alkyl halides is 2. The number of carboxylic acid groups (broad SMARTS) is 1. The van der Waals surface area contributed by atoms with E-state index < -0.39 is 17.3 Å². The van der Waals surface area contributed by atoms with Gasteiger partial charge >= 0.3 is 5.97 Å². The van der Waals surface area contributed by atoms with Crippen LogP contribution in [0.1, 0.15) is 57.4 Å². The molecule has 3 fully saturated rings. The van der Waals surface area contributed by atoms with Crippen molar-refractivity contribution >= 4 is 35.1 Å². The summed E-state index contributed by atoms with van der Waals surface area (Å²) in [5.74, 6) is -3.56. The van der Waals surface area contributed by atoms with Gasteiger partial charge in [0, 0.05) is 73.8 Å². The highest BCUT2D eigenvalue weighted by atomic mass is 35.5. The molecule has 3 aliphatic rings. The molecular weight excluding hydrogens is 523 g/mol. The average Bonchev–Trinajstić information content (AvgIpc) is 3.14. The average molecular weight is 561 g/mol. The fraction of sp³-hybridized carbons (Fsp3) is 0.704. The number of halogens is 4. The molecule has 0 bridgehead atoms. The van der Waals surface area contributed by atoms with Crippen LogP contribution in [0.15, 0.2) is 18.2 Å². The minimum Gasteiger partial charge on any atom is -0.481 e. The molecule has 2 aliphatic heterocycles. The summed E-state index contributed by atoms with van der Waals surface area (Å²) in [6.07, 6.45) is 2.39. The van der Waals surface area contributed by atoms with Crippen LogP contribution in [0.4, 0.5) is 8.78 Å². The van der Waals surface area contributed by atoms with Gasteiger partial charge in [0.2, 0.25) is 11.8 Å². The Bertz CT molecular complexity index is 959. The van der Waals surface area contributed by atoms with Gasteiger partial charge < -0.3 is 15.3 Å². The summed E-state index contributed by atoms with van der Waals surface area (Å²) in [5.41, 5.74) is -0.261. The predicted octanol–water partition coefficient (Wildman–Crippen LogP) is 5.31. The number of aliphatic carboxylic acids is 1. The zero-order chi connectivity index (χ0) is 26.8. The van der Waals surface area contributed by atoms with Crippen LogP contribution < -0.4 is 5.32 Å². The molecule has 0 spiro atoms. The molecule has 1 aliphatic carbocycles. The van der Waals surface area contributed by atoms with E-state index in [9.17, 15) is 23.5 Å². The SMILES string of the molecule is C[C@@H]1CN(Cc2c(Cl)cccc2Cl)C[C@]1(CC(=O)O)C(=O)NC1CCN(CC2CCC(F)(F)CC2)CC1. The van der Waals surface area contributed by atoms with Crippen LogP contribution in [0.25, 0.3) is 0 Å². The van der Waals surface area contributed by atoms with Crippen molar-refractivity contribution in [1.29, 1.82) is 0 Å². The minimum absolute atomic E-state index is 0.0201. The Morgan fingerprint density at radius 3 is 2.30 bits per heavy atom. The Hall–Kier alpha value is -1.48. The van der Waals surface area contributed by atoms with E-state index in [4.69, 9.17) is 23.2 Å². The van der Waals surface area contributed by atoms with Crippen molar-refractivity contribution in [2.24, 2.45) is 17.3 Å². The molecule has 37 heavy (non-hydrogen) atoms. The largest absolute Gasteiger partial charge is 0.481 e. The van der Waals surface area contributed by atoms with Gasteiger partial charge in [0.15, 0.2) is 0 Å². The first kappa shape index (κ1) is 28.5. The number of piperidine rings is 1. The van der Waals surface area contributed by atoms with Crippen molar-refractivity contribution in [2.75, 3.05) is 32.7 Å². The maximum absolute atomic E-state index is 13.6. The van der Waals surface area contributed by atoms with E-state index in [1.54, 1.807) is 18.2 Å². The molecule has 0 unspecified atom stereocenters. The molecule has 6 nitrogen and oxygen atoms in total. The number of hydrogen-bond donors (Lipinski definition) is 2. The van der Waals surface area contributed by atoms with Gasteiger partial charge in [-0.2, -0.15) is 0 Å². The molecule has 0 radical (unpaired) electrons. The van der Waals surface area contributed by atoms with Gasteiger partial charge in [0.05, 0.1) is 11.8 Å². The lowest BCUT2D eigenvalue weighted by Crippen LogP contribution is -2.53. The quantitative estimate of drug-likeness (QED) is 0.451. The molecule has 1 aromatic carbocycles. The summed E-state index contributed by atoms with van der Waals surface area (Å²) < 4.78 is 26.9. The van der Waals surface area contributed by atoms with Crippen LogP contribution in [0, 0.1) is 17.3 Å². The van der Waals surface area contributed by atoms with E-state index in [0.29, 0.717) is 48.4 Å². The fourth-order valence-electron chi connectivity index (χ4n) is 6.32. The maximum atomic E-state index is 13.6. The van der Waals surface area contributed by atoms with Gasteiger partial charge in [-0.1, -0.05) is 36.2 Å². The molecule has 1 aromatic rings. The molecule has 4 rings (SSSR count). The number of carbonyl (C=O) groups is 2. The lowest BCUT2D eigenvalue weighted by atomic mass is 9.75. The molecule has 2 atom stereocenters. The van der Waals surface area contributed by atoms with E-state index in [1.165, 1.54) is 0 Å². The third kappa shape index (κ3) is 6.94. The standard InChI is InChI=1S/C27H37Cl2F2N3O3/c1-18-14-34(16-21-22(28)3-2-4-23(21)29)17-26(18,13-24(35)36)25(37)32-20-7-11-33(12-8-20)15-19-5-9-27(30,31)10-6-19/h2-4,18-20H,5-17H2,1H3,(H,32,37)(H,35,36)/t18-,26+/m1/s1. The number of benzene rings is 1. The predicted molar refractivity (Wildman–Crippen MR) is 140 cm³/mol. The first-order valence-corrected chi connectivity index (χ1v) is 14.0. The smallest absolute Gasteiger partial charge is 0.304 e. The van der Waals surface area contributed by atoms with Crippen LogP contribution in [0.2, 0.25) is 10.0 Å². The number of hydrogen-bond acceptors (Lipinski definition) is 4. The van der Waals surface area contributed by atoms with Crippen molar-refractivity contribution in [2.45, 2.75) is 70.4 Å². The van der Waals surface area contributed by atoms with Crippen molar-refractivity contribution < 1.29 is 23.5 Å². The van der Waals surface area contributed by atoms with E-state index in [-0.39, 0.29) is 37.1 Å². The molecule has 1 amide bonds. The summed E-state index contributed by atoms with van der Waals surface area (Å²) in [5, 5.41) is 14.0. The zero-order valence-electron chi connectivity index (χ0n) is 21.3. The lowest BCUT2D eigenvalue weighted by molar-refractivity contribution is -0.147. The first-order valence-electron chi connectivity index (χ1n) is 13.3. The molecular formula is C27H37Cl2F2N3O3. The maximum Gasteiger partial charge on any atom is 0.304 e. The van der Waals surface area contributed by atoms with Crippen LogP contribution in [-0.2, 0) is 16.1 Å². The molecule has 1 saturated carbocycles. The number of nitrogens with zero attached hydrogens (tertiary/aromatic N) is 2. The van der Waals surface area contributed by atoms with E-state index in [1.807, 2.05) is 6.92 Å². The number of rotatable bonds is 8. The molecule has 0 aromatic heterocycles. The van der Waals surface area contributed by atoms with Crippen LogP contribution in [0.5, 0.6) is 0 Å². The van der Waals surface area contributed by atoms with Crippen molar-refractivity contribution in [3.63, 3.8) is 0 Å². The summed E-state index contributed by atoms with van der Waals surface area (Å²) >= 11 is 12.7. The molecule has 10 heteroatoms. The second-order valence-electron chi connectivity index (χ2n) is 11.3. The van der Waals surface area contributed by atoms with Crippen LogP contribution in [-0.4, -0.2) is 71.5 Å². The Labute approximate surface area is 227 Å². The highest BCUT2D eigenvalue weighted by Crippen LogP contribution is 2.41. The minimum atomic E-state index is -2.51. The van der Waals surface area contributed by atoms with Crippen LogP contribution in [0.3, 0.4) is 0 Å². The third-order valence-corrected chi connectivity index (χ3v) is 9.33. The molecule has 2 heterocycles. The Morgan fingerprint density at radius 1 is 1.08 bits per heavy atom. The third-order valence-electron chi connectivity index (χ3n) is 8.62. The fourth-order valence-corrected chi connectivity index (χ4v) is 6.84. The Balaban J connectivity index is 1.34. The monoisotopic (exact) mass is 559 g/mol. The Kier molecular flexibility index (Phi) is 9.04. The van der Waals surface area contributed by atoms with Crippen molar-refractivity contribution in [3.05, 3.63) is 33.8 Å².